The van der Waals surface area contributed by atoms with Crippen molar-refractivity contribution in [2.75, 3.05) is 0 Å². The topological polar surface area (TPSA) is 156 Å². The highest BCUT2D eigenvalue weighted by atomic mass is 16.6. The number of ether oxygens (including phenoxy) is 4. The number of nitrogens with one attached hydrogen (secondary N) is 4. The first-order valence-electron chi connectivity index (χ1n) is 27.6. The molecule has 4 saturated heterocycles. The third-order valence-electron chi connectivity index (χ3n) is 16.8. The summed E-state index contributed by atoms with van der Waals surface area (Å²) in [6.45, 7) is 34.9. The average Bonchev–Trinajstić information content (AvgIpc) is 3.31. The summed E-state index contributed by atoms with van der Waals surface area (Å²) in [5.41, 5.74) is 0. The van der Waals surface area contributed by atoms with E-state index in [4.69, 9.17) is 18.9 Å². The number of hydrogen-bond acceptors (Lipinski definition) is 12. The number of rotatable bonds is 17. The first kappa shape index (κ1) is 56.0. The van der Waals surface area contributed by atoms with Gasteiger partial charge in [0.2, 0.25) is 6.29 Å². The summed E-state index contributed by atoms with van der Waals surface area (Å²) >= 11 is 0. The van der Waals surface area contributed by atoms with E-state index in [9.17, 15) is 19.5 Å². The van der Waals surface area contributed by atoms with Crippen LogP contribution in [0, 0.1) is 71.0 Å². The Kier molecular flexibility index (Phi) is 19.3. The second kappa shape index (κ2) is 24.2. The van der Waals surface area contributed by atoms with Crippen molar-refractivity contribution in [1.29, 1.82) is 0 Å². The smallest absolute Gasteiger partial charge is 0.314 e. The molecule has 0 aromatic heterocycles. The van der Waals surface area contributed by atoms with Crippen molar-refractivity contribution in [3.05, 3.63) is 24.3 Å². The standard InChI is InChI=1S/C58H94N4O8/c1-29(2)43-21-37(22-44(59-43)30(3)4)55(63)67-51-19-17-42-41(53(51)69-57(65)39-25-47(33(9)10)61-48(26-39)34(11)12)18-20-52(68-56(64)38-23-45(31(5)6)60-46(24-38)32(7)8)54(42)70-58(66)40-27-49(35(13)14)62-50(28-40)36(15)16/h17-20,29-40,43-50,55,59-63H,21-28H2,1-16H3. The van der Waals surface area contributed by atoms with Crippen LogP contribution in [0.1, 0.15) is 162 Å². The summed E-state index contributed by atoms with van der Waals surface area (Å²) < 4.78 is 26.3. The summed E-state index contributed by atoms with van der Waals surface area (Å²) in [7, 11) is 0. The molecule has 2 aromatic carbocycles. The van der Waals surface area contributed by atoms with E-state index in [0.717, 1.165) is 12.8 Å². The minimum absolute atomic E-state index is 0.107. The Bertz CT molecular complexity index is 2000. The van der Waals surface area contributed by atoms with Gasteiger partial charge in [-0.25, -0.2) is 0 Å². The van der Waals surface area contributed by atoms with Gasteiger partial charge in [-0.05, 0) is 123 Å². The van der Waals surface area contributed by atoms with E-state index in [2.05, 4.69) is 132 Å². The molecule has 9 unspecified atom stereocenters. The molecule has 4 aliphatic rings. The number of carbonyl (C=O) groups excluding carboxylic acids is 3. The third kappa shape index (κ3) is 13.7. The molecule has 70 heavy (non-hydrogen) atoms. The molecule has 0 bridgehead atoms. The fourth-order valence-electron chi connectivity index (χ4n) is 11.5. The van der Waals surface area contributed by atoms with Gasteiger partial charge in [0.15, 0.2) is 23.0 Å². The van der Waals surface area contributed by atoms with Gasteiger partial charge < -0.3 is 45.3 Å². The van der Waals surface area contributed by atoms with Crippen molar-refractivity contribution in [1.82, 2.24) is 21.3 Å². The molecule has 394 valence electrons. The molecular formula is C58H94N4O8. The van der Waals surface area contributed by atoms with Crippen LogP contribution in [0.4, 0.5) is 0 Å². The van der Waals surface area contributed by atoms with E-state index in [1.165, 1.54) is 0 Å². The molecule has 4 fully saturated rings. The van der Waals surface area contributed by atoms with Gasteiger partial charge in [0.1, 0.15) is 0 Å². The van der Waals surface area contributed by atoms with Gasteiger partial charge in [0, 0.05) is 65.0 Å². The lowest BCUT2D eigenvalue weighted by Crippen LogP contribution is -2.52. The number of fused-ring (bicyclic) bond motifs is 1. The van der Waals surface area contributed by atoms with Crippen LogP contribution in [-0.2, 0) is 14.4 Å². The Morgan fingerprint density at radius 1 is 0.400 bits per heavy atom. The maximum Gasteiger partial charge on any atom is 0.314 e. The molecule has 12 heteroatoms. The van der Waals surface area contributed by atoms with Crippen LogP contribution < -0.4 is 40.2 Å². The van der Waals surface area contributed by atoms with Crippen LogP contribution in [0.15, 0.2) is 24.3 Å². The summed E-state index contributed by atoms with van der Waals surface area (Å²) in [6.07, 6.45) is 3.97. The molecule has 12 nitrogen and oxygen atoms in total. The fourth-order valence-corrected chi connectivity index (χ4v) is 11.5. The molecule has 0 spiro atoms. The van der Waals surface area contributed by atoms with E-state index in [-0.39, 0.29) is 95.1 Å². The van der Waals surface area contributed by atoms with Crippen molar-refractivity contribution in [3.63, 3.8) is 0 Å². The summed E-state index contributed by atoms with van der Waals surface area (Å²) in [5, 5.41) is 28.1. The Balaban J connectivity index is 1.46. The van der Waals surface area contributed by atoms with Crippen LogP contribution in [0.3, 0.4) is 0 Å². The lowest BCUT2D eigenvalue weighted by molar-refractivity contribution is -0.143. The van der Waals surface area contributed by atoms with E-state index < -0.39 is 24.1 Å². The number of carbonyl (C=O) groups is 3. The predicted molar refractivity (Wildman–Crippen MR) is 280 cm³/mol. The molecule has 4 aliphatic heterocycles. The second-order valence-electron chi connectivity index (χ2n) is 24.9. The van der Waals surface area contributed by atoms with Gasteiger partial charge in [-0.2, -0.15) is 0 Å². The molecule has 0 aliphatic carbocycles. The number of aliphatic hydroxyl groups is 1. The molecule has 4 heterocycles. The quantitative estimate of drug-likeness (QED) is 0.0582. The zero-order valence-corrected chi connectivity index (χ0v) is 45.9. The number of hydrogen-bond donors (Lipinski definition) is 5. The van der Waals surface area contributed by atoms with E-state index in [0.29, 0.717) is 96.6 Å². The first-order chi connectivity index (χ1) is 32.9. The Hall–Kier alpha value is -3.29. The highest BCUT2D eigenvalue weighted by Gasteiger charge is 2.41. The van der Waals surface area contributed by atoms with Crippen molar-refractivity contribution >= 4 is 28.7 Å². The Morgan fingerprint density at radius 2 is 0.657 bits per heavy atom. The molecule has 0 saturated carbocycles. The van der Waals surface area contributed by atoms with Crippen LogP contribution in [-0.4, -0.2) is 77.6 Å². The van der Waals surface area contributed by atoms with Gasteiger partial charge in [0.05, 0.1) is 17.8 Å². The fraction of sp³-hybridized carbons (Fsp3) is 0.776. The minimum atomic E-state index is -1.19. The number of benzene rings is 2. The highest BCUT2D eigenvalue weighted by molar-refractivity contribution is 6.00. The second-order valence-corrected chi connectivity index (χ2v) is 24.9. The van der Waals surface area contributed by atoms with Crippen LogP contribution in [0.5, 0.6) is 23.0 Å². The Labute approximate surface area is 422 Å². The molecule has 2 aromatic rings. The number of esters is 3. The van der Waals surface area contributed by atoms with Crippen molar-refractivity contribution < 1.29 is 38.4 Å². The van der Waals surface area contributed by atoms with Gasteiger partial charge in [-0.3, -0.25) is 14.4 Å². The predicted octanol–water partition coefficient (Wildman–Crippen LogP) is 10.4. The van der Waals surface area contributed by atoms with Crippen LogP contribution in [0.25, 0.3) is 10.8 Å². The lowest BCUT2D eigenvalue weighted by atomic mass is 9.80. The number of aliphatic hydroxyl groups excluding tert-OH is 1. The molecule has 5 N–H and O–H groups in total. The molecule has 0 amide bonds. The SMILES string of the molecule is CC(C)C1CC(C(=O)Oc2ccc3c(OC(=O)C4CC(C(C)C)NC(C(C)C)C4)c(OC(O)C4CC(C(C)C)NC(C(C)C)C4)ccc3c2OC(=O)C2CC(C(C)C)NC(C(C)C)C2)CC(C(C)C)N1. The van der Waals surface area contributed by atoms with Crippen molar-refractivity contribution in [2.24, 2.45) is 71.0 Å². The molecule has 0 radical (unpaired) electrons. The van der Waals surface area contributed by atoms with E-state index in [1.54, 1.807) is 24.3 Å². The normalized spacial score (nSPS) is 30.5. The zero-order chi connectivity index (χ0) is 51.5. The van der Waals surface area contributed by atoms with Gasteiger partial charge in [-0.15, -0.1) is 0 Å². The van der Waals surface area contributed by atoms with Crippen LogP contribution >= 0.6 is 0 Å². The molecule has 6 rings (SSSR count). The maximum atomic E-state index is 14.8. The molecular weight excluding hydrogens is 881 g/mol. The van der Waals surface area contributed by atoms with Gasteiger partial charge in [-0.1, -0.05) is 111 Å². The average molecular weight is 975 g/mol. The lowest BCUT2D eigenvalue weighted by Gasteiger charge is -2.41. The van der Waals surface area contributed by atoms with Crippen LogP contribution in [0.2, 0.25) is 0 Å². The zero-order valence-electron chi connectivity index (χ0n) is 45.9. The summed E-state index contributed by atoms with van der Waals surface area (Å²) in [4.78, 5) is 44.0. The first-order valence-corrected chi connectivity index (χ1v) is 27.6. The molecule has 9 atom stereocenters. The van der Waals surface area contributed by atoms with E-state index in [1.807, 2.05) is 0 Å². The largest absolute Gasteiger partial charge is 0.461 e. The third-order valence-corrected chi connectivity index (χ3v) is 16.8. The van der Waals surface area contributed by atoms with Gasteiger partial charge in [0.25, 0.3) is 0 Å². The number of piperidine rings is 4. The van der Waals surface area contributed by atoms with E-state index >= 15 is 0 Å². The summed E-state index contributed by atoms with van der Waals surface area (Å²) in [6, 6.07) is 8.10. The highest BCUT2D eigenvalue weighted by Crippen LogP contribution is 2.47. The minimum Gasteiger partial charge on any atom is -0.461 e. The van der Waals surface area contributed by atoms with Crippen molar-refractivity contribution in [3.8, 4) is 23.0 Å². The monoisotopic (exact) mass is 975 g/mol. The Morgan fingerprint density at radius 3 is 0.957 bits per heavy atom. The van der Waals surface area contributed by atoms with Crippen molar-refractivity contribution in [2.45, 2.75) is 217 Å². The maximum absolute atomic E-state index is 14.8. The van der Waals surface area contributed by atoms with Gasteiger partial charge >= 0.3 is 17.9 Å². The summed E-state index contributed by atoms with van der Waals surface area (Å²) in [5.74, 6) is 0.685.